The minimum absolute atomic E-state index is 0.280. The van der Waals surface area contributed by atoms with Crippen LogP contribution in [0.4, 0.5) is 16.6 Å². The number of aromatic nitrogens is 5. The van der Waals surface area contributed by atoms with E-state index >= 15 is 0 Å². The van der Waals surface area contributed by atoms with Crippen LogP contribution in [0.1, 0.15) is 6.42 Å². The Labute approximate surface area is 168 Å². The number of carbonyl (C=O) groups is 1. The minimum Gasteiger partial charge on any atom is -0.330 e. The lowest BCUT2D eigenvalue weighted by Gasteiger charge is -2.04. The summed E-state index contributed by atoms with van der Waals surface area (Å²) in [5, 5.41) is 23.6. The number of benzene rings is 1. The lowest BCUT2D eigenvalue weighted by atomic mass is 10.2. The number of hydrogen-bond donors (Lipinski definition) is 3. The van der Waals surface area contributed by atoms with Gasteiger partial charge >= 0.3 is 0 Å². The predicted octanol–water partition coefficient (Wildman–Crippen LogP) is 3.52. The quantitative estimate of drug-likeness (QED) is 0.470. The van der Waals surface area contributed by atoms with E-state index in [1.54, 1.807) is 24.6 Å². The van der Waals surface area contributed by atoms with Gasteiger partial charge in [0.05, 0.1) is 11.7 Å². The Morgan fingerprint density at radius 1 is 1.17 bits per heavy atom. The highest BCUT2D eigenvalue weighted by molar-refractivity contribution is 7.18. The number of pyridine rings is 1. The molecular weight excluding hydrogens is 388 g/mol. The fourth-order valence-corrected chi connectivity index (χ4v) is 3.58. The van der Waals surface area contributed by atoms with E-state index in [-0.39, 0.29) is 5.91 Å². The Kier molecular flexibility index (Phi) is 4.30. The Morgan fingerprint density at radius 3 is 3.03 bits per heavy atom. The van der Waals surface area contributed by atoms with Crippen LogP contribution in [0, 0.1) is 0 Å². The van der Waals surface area contributed by atoms with Gasteiger partial charge in [0, 0.05) is 23.7 Å². The molecule has 1 amide bonds. The van der Waals surface area contributed by atoms with Crippen LogP contribution in [-0.4, -0.2) is 37.5 Å². The maximum atomic E-state index is 12.2. The molecule has 1 aliphatic rings. The number of nitrogens with one attached hydrogen (secondary N) is 3. The van der Waals surface area contributed by atoms with Crippen molar-refractivity contribution in [2.45, 2.75) is 6.42 Å². The number of hydrogen-bond acceptors (Lipinski definition) is 8. The zero-order chi connectivity index (χ0) is 19.6. The van der Waals surface area contributed by atoms with Crippen LogP contribution in [0.5, 0.6) is 0 Å². The molecule has 4 aromatic rings. The molecule has 5 rings (SSSR count). The molecular formula is C19H14N8OS. The Hall–Kier alpha value is -3.92. The zero-order valence-corrected chi connectivity index (χ0v) is 15.8. The molecule has 0 atom stereocenters. The fourth-order valence-electron chi connectivity index (χ4n) is 2.84. The van der Waals surface area contributed by atoms with Crippen molar-refractivity contribution in [3.05, 3.63) is 54.4 Å². The number of rotatable bonds is 5. The van der Waals surface area contributed by atoms with Gasteiger partial charge in [-0.25, -0.2) is 4.98 Å². The first-order valence-electron chi connectivity index (χ1n) is 8.80. The maximum absolute atomic E-state index is 12.2. The number of aliphatic imine (C=N–C) groups is 1. The summed E-state index contributed by atoms with van der Waals surface area (Å²) in [5.41, 5.74) is 2.88. The summed E-state index contributed by atoms with van der Waals surface area (Å²) >= 11 is 1.37. The molecule has 4 heterocycles. The SMILES string of the molecule is O=C(Nc1cccc(-c2nnc(Nc3ccc4[nH]ncc4c3)s2)n1)C1=CCC=N1. The van der Waals surface area contributed by atoms with E-state index in [1.165, 1.54) is 11.3 Å². The van der Waals surface area contributed by atoms with Gasteiger partial charge in [-0.2, -0.15) is 5.10 Å². The maximum Gasteiger partial charge on any atom is 0.275 e. The number of nitrogens with zero attached hydrogens (tertiary/aromatic N) is 5. The van der Waals surface area contributed by atoms with Crippen LogP contribution < -0.4 is 10.6 Å². The van der Waals surface area contributed by atoms with Crippen molar-refractivity contribution in [2.75, 3.05) is 10.6 Å². The second-order valence-electron chi connectivity index (χ2n) is 6.21. The van der Waals surface area contributed by atoms with Crippen LogP contribution >= 0.6 is 11.3 Å². The van der Waals surface area contributed by atoms with Gasteiger partial charge in [0.25, 0.3) is 5.91 Å². The van der Waals surface area contributed by atoms with Crippen LogP contribution in [0.25, 0.3) is 21.6 Å². The first kappa shape index (κ1) is 17.2. The first-order valence-corrected chi connectivity index (χ1v) is 9.61. The van der Waals surface area contributed by atoms with Gasteiger partial charge in [0.2, 0.25) is 5.13 Å². The van der Waals surface area contributed by atoms with E-state index < -0.39 is 0 Å². The third-order valence-corrected chi connectivity index (χ3v) is 5.07. The summed E-state index contributed by atoms with van der Waals surface area (Å²) in [6, 6.07) is 11.2. The molecule has 0 radical (unpaired) electrons. The van der Waals surface area contributed by atoms with Crippen molar-refractivity contribution < 1.29 is 4.79 Å². The fraction of sp³-hybridized carbons (Fsp3) is 0.0526. The molecule has 0 saturated carbocycles. The van der Waals surface area contributed by atoms with Gasteiger partial charge < -0.3 is 10.6 Å². The molecule has 29 heavy (non-hydrogen) atoms. The highest BCUT2D eigenvalue weighted by Crippen LogP contribution is 2.28. The summed E-state index contributed by atoms with van der Waals surface area (Å²) in [5.74, 6) is 0.156. The van der Waals surface area contributed by atoms with Crippen LogP contribution in [-0.2, 0) is 4.79 Å². The van der Waals surface area contributed by atoms with Crippen molar-refractivity contribution >= 4 is 51.0 Å². The average Bonchev–Trinajstić information content (AvgIpc) is 3.49. The second-order valence-corrected chi connectivity index (χ2v) is 7.19. The summed E-state index contributed by atoms with van der Waals surface area (Å²) in [6.45, 7) is 0. The normalized spacial score (nSPS) is 12.9. The monoisotopic (exact) mass is 402 g/mol. The number of amides is 1. The second kappa shape index (κ2) is 7.24. The molecule has 10 heteroatoms. The van der Waals surface area contributed by atoms with E-state index in [1.807, 2.05) is 30.3 Å². The molecule has 1 aromatic carbocycles. The predicted molar refractivity (Wildman–Crippen MR) is 112 cm³/mol. The van der Waals surface area contributed by atoms with Crippen molar-refractivity contribution in [3.63, 3.8) is 0 Å². The molecule has 0 aliphatic carbocycles. The van der Waals surface area contributed by atoms with E-state index in [0.29, 0.717) is 33.8 Å². The van der Waals surface area contributed by atoms with Crippen molar-refractivity contribution in [1.29, 1.82) is 0 Å². The van der Waals surface area contributed by atoms with Gasteiger partial charge in [-0.05, 0) is 36.4 Å². The van der Waals surface area contributed by atoms with E-state index in [9.17, 15) is 4.79 Å². The van der Waals surface area contributed by atoms with E-state index in [4.69, 9.17) is 0 Å². The Morgan fingerprint density at radius 2 is 2.14 bits per heavy atom. The summed E-state index contributed by atoms with van der Waals surface area (Å²) < 4.78 is 0. The van der Waals surface area contributed by atoms with Crippen molar-refractivity contribution in [2.24, 2.45) is 4.99 Å². The Bertz CT molecular complexity index is 1270. The smallest absolute Gasteiger partial charge is 0.275 e. The molecule has 0 fully saturated rings. The summed E-state index contributed by atoms with van der Waals surface area (Å²) in [6.07, 6.45) is 5.90. The number of H-pyrrole nitrogens is 1. The highest BCUT2D eigenvalue weighted by atomic mass is 32.1. The van der Waals surface area contributed by atoms with E-state index in [0.717, 1.165) is 16.6 Å². The van der Waals surface area contributed by atoms with Crippen LogP contribution in [0.3, 0.4) is 0 Å². The third-order valence-electron chi connectivity index (χ3n) is 4.21. The van der Waals surface area contributed by atoms with Crippen molar-refractivity contribution in [3.8, 4) is 10.7 Å². The minimum atomic E-state index is -0.280. The third kappa shape index (κ3) is 3.60. The summed E-state index contributed by atoms with van der Waals surface area (Å²) in [7, 11) is 0. The molecule has 3 N–H and O–H groups in total. The van der Waals surface area contributed by atoms with Crippen LogP contribution in [0.2, 0.25) is 0 Å². The number of fused-ring (bicyclic) bond motifs is 1. The Balaban J connectivity index is 1.33. The highest BCUT2D eigenvalue weighted by Gasteiger charge is 2.13. The topological polar surface area (TPSA) is 121 Å². The first-order chi connectivity index (χ1) is 14.2. The van der Waals surface area contributed by atoms with Gasteiger partial charge in [-0.15, -0.1) is 10.2 Å². The molecule has 0 saturated heterocycles. The molecule has 9 nitrogen and oxygen atoms in total. The van der Waals surface area contributed by atoms with Gasteiger partial charge in [0.15, 0.2) is 5.01 Å². The van der Waals surface area contributed by atoms with Crippen molar-refractivity contribution in [1.82, 2.24) is 25.4 Å². The molecule has 1 aliphatic heterocycles. The average molecular weight is 402 g/mol. The largest absolute Gasteiger partial charge is 0.330 e. The zero-order valence-electron chi connectivity index (χ0n) is 15.0. The van der Waals surface area contributed by atoms with Gasteiger partial charge in [-0.1, -0.05) is 17.4 Å². The lowest BCUT2D eigenvalue weighted by Crippen LogP contribution is -2.13. The molecule has 3 aromatic heterocycles. The lowest BCUT2D eigenvalue weighted by molar-refractivity contribution is -0.112. The number of allylic oxidation sites excluding steroid dienone is 1. The van der Waals surface area contributed by atoms with Gasteiger partial charge in [0.1, 0.15) is 17.2 Å². The number of anilines is 3. The molecule has 0 bridgehead atoms. The molecule has 0 spiro atoms. The molecule has 142 valence electrons. The van der Waals surface area contributed by atoms with Gasteiger partial charge in [-0.3, -0.25) is 14.9 Å². The number of aromatic amines is 1. The summed E-state index contributed by atoms with van der Waals surface area (Å²) in [4.78, 5) is 20.7. The standard InChI is InChI=1S/C19H14N8OS/c28-17(14-4-2-8-20-14)24-16-5-1-3-15(23-16)18-26-27-19(29-18)22-12-6-7-13-11(9-12)10-21-25-13/h1,3-10H,2H2,(H,21,25)(H,22,27)(H,23,24,28). The number of carbonyl (C=O) groups excluding carboxylic acids is 1. The van der Waals surface area contributed by atoms with E-state index in [2.05, 4.69) is 41.0 Å². The molecule has 0 unspecified atom stereocenters. The van der Waals surface area contributed by atoms with Crippen LogP contribution in [0.15, 0.2) is 59.4 Å².